The molecule has 900 valence electrons. The van der Waals surface area contributed by atoms with Crippen molar-refractivity contribution < 1.29 is 100 Å². The molecule has 0 aromatic heterocycles. The second kappa shape index (κ2) is 88.0. The first-order valence-corrected chi connectivity index (χ1v) is 62.5. The highest BCUT2D eigenvalue weighted by Gasteiger charge is 2.34. The number of sulfonamides is 4. The summed E-state index contributed by atoms with van der Waals surface area (Å²) >= 11 is 0. The second-order valence-corrected chi connectivity index (χ2v) is 55.2. The van der Waals surface area contributed by atoms with Crippen molar-refractivity contribution >= 4 is 85.2 Å². The number of ketones is 1. The zero-order valence-electron chi connectivity index (χ0n) is 102. The van der Waals surface area contributed by atoms with E-state index in [1.54, 1.807) is 103 Å². The molecule has 0 aromatic rings. The average Bonchev–Trinajstić information content (AvgIpc) is 0.800. The first kappa shape index (κ1) is 163. The molecule has 0 spiro atoms. The van der Waals surface area contributed by atoms with Gasteiger partial charge in [0.2, 0.25) is 69.6 Å². The van der Waals surface area contributed by atoms with Gasteiger partial charge in [-0.3, -0.25) is 43.5 Å². The Morgan fingerprint density at radius 1 is 0.443 bits per heavy atom. The molecule has 149 heavy (non-hydrogen) atoms. The molecule has 37 nitrogen and oxygen atoms in total. The molecule has 1 saturated carbocycles. The third kappa shape index (κ3) is 82.3. The van der Waals surface area contributed by atoms with E-state index in [1.165, 1.54) is 63.7 Å². The number of piperazine rings is 3. The molecule has 6 saturated heterocycles. The van der Waals surface area contributed by atoms with Gasteiger partial charge < -0.3 is 68.8 Å². The van der Waals surface area contributed by atoms with Crippen molar-refractivity contribution in [1.82, 2.24) is 71.5 Å². The van der Waals surface area contributed by atoms with Crippen LogP contribution in [0.3, 0.4) is 0 Å². The molecule has 0 radical (unpaired) electrons. The van der Waals surface area contributed by atoms with Crippen molar-refractivity contribution in [3.63, 3.8) is 0 Å². The highest BCUT2D eigenvalue weighted by atomic mass is 32.2. The minimum absolute atomic E-state index is 0. The Bertz CT molecular complexity index is 3830. The quantitative estimate of drug-likeness (QED) is 0.0538. The number of nitrogens with one attached hydrogen (secondary N) is 1. The number of sulfone groups is 1. The Labute approximate surface area is 916 Å². The van der Waals surface area contributed by atoms with Gasteiger partial charge in [0, 0.05) is 210 Å². The third-order valence-corrected chi connectivity index (χ3v) is 34.8. The lowest BCUT2D eigenvalue weighted by Crippen LogP contribution is -2.50. The molecular weight excluding hydrogens is 2010 g/mol. The van der Waals surface area contributed by atoms with Gasteiger partial charge in [0.25, 0.3) is 0 Å². The number of likely N-dealkylation sites (tertiary alicyclic amines) is 3. The summed E-state index contributed by atoms with van der Waals surface area (Å²) in [5, 5.41) is 19.1. The van der Waals surface area contributed by atoms with E-state index < -0.39 is 49.9 Å². The number of hydrogen-bond donors (Lipinski definition) is 3. The Kier molecular flexibility index (Phi) is 96.1. The predicted molar refractivity (Wildman–Crippen MR) is 623 cm³/mol. The summed E-state index contributed by atoms with van der Waals surface area (Å²) in [5.74, 6) is 2.40. The Morgan fingerprint density at radius 2 is 0.826 bits per heavy atom. The van der Waals surface area contributed by atoms with Crippen LogP contribution in [0.15, 0.2) is 0 Å². The number of nitrogens with zero attached hydrogens (tertiary/aromatic N) is 14. The van der Waals surface area contributed by atoms with Gasteiger partial charge >= 0.3 is 0 Å². The predicted octanol–water partition coefficient (Wildman–Crippen LogP) is 12.6. The number of aliphatic hydroxyl groups excluding tert-OH is 2. The molecule has 42 heteroatoms. The number of ether oxygens (including phenoxy) is 4. The van der Waals surface area contributed by atoms with Crippen LogP contribution in [0.2, 0.25) is 0 Å². The van der Waals surface area contributed by atoms with Crippen LogP contribution >= 0.6 is 0 Å². The standard InChI is InChI=1S/C11H21NO.C10H22N2O2S.C9H19NO2S.C8H18N2O2S.C8H16N2O.C8H17NO.C7H14N2O.C7H17NO2S.C7H15NO2.C7H16O2.C7H14O.C6H13NO.C5H13NO2S.C5H12O2.2CH4/c1-4-11(13)10-5-7-12(8-6-10)9(2)3;1-9(2)12-7-5-10(6-8-12)15(13,14)11(3)4;1-8(2)10-6-4-9(5-7-10)13(3,11)12;1-8(2)9-4-6-10(7-5-9)13(3,11)12;1-7(2)10-5-4-9(3)8(11)6-10;1-7(2)5-6-8(10)9(3)4;1-6(2)9-4-3-8-7(10)5-9;1-5-8(6-2)11(9,10)7(3)4;1-6(2)10-5-7(9)8(3)4;1-4-7(8)5-9-6(2)3;1-6(2)8-7-4-3-5-7;1-5(2)6(8)7(3)4;1-5(2)9(7,8)6(3)4;1-5(2)7-4-3-6;;/h9-10H,4-8H2,1-3H3;9-10H,5-8H2,1-4H3;8-9H,4-7H2,1-3H3;8H,4-7H2,1-3H3;7H,4-6H2,1-3H3;7H,5-6H2,1-4H3;6H,3-5H2,1-2H3,(H,8,10);7H,5-6H2,1-4H3;6H,5H2,1-4H3;6-8H,4-5H2,1-3H3;6-7H,3-5H2,1-2H3;5H,1-4H3;5H,1-4H3;5-6H,3-4H2,1-2H3;2*1H4. The fourth-order valence-electron chi connectivity index (χ4n) is 14.1. The Hall–Kier alpha value is -3.87. The zero-order chi connectivity index (χ0) is 116. The Balaban J connectivity index is -0.000000203. The molecule has 7 fully saturated rings. The first-order chi connectivity index (χ1) is 67.3. The highest BCUT2D eigenvalue weighted by molar-refractivity contribution is 7.91. The molecule has 7 aliphatic rings. The molecule has 7 rings (SSSR count). The van der Waals surface area contributed by atoms with Gasteiger partial charge in [-0.15, -0.1) is 0 Å². The van der Waals surface area contributed by atoms with Crippen LogP contribution in [0.25, 0.3) is 0 Å². The van der Waals surface area contributed by atoms with Gasteiger partial charge in [-0.1, -0.05) is 70.2 Å². The number of rotatable bonds is 34. The summed E-state index contributed by atoms with van der Waals surface area (Å²) < 4.78 is 140. The van der Waals surface area contributed by atoms with Crippen LogP contribution in [-0.2, 0) is 97.6 Å². The van der Waals surface area contributed by atoms with Crippen molar-refractivity contribution in [1.29, 1.82) is 0 Å². The summed E-state index contributed by atoms with van der Waals surface area (Å²) in [4.78, 5) is 86.4. The fourth-order valence-corrected chi connectivity index (χ4v) is 19.6. The van der Waals surface area contributed by atoms with Gasteiger partial charge in [0.1, 0.15) is 22.2 Å². The van der Waals surface area contributed by atoms with Crippen LogP contribution in [0.4, 0.5) is 0 Å². The van der Waals surface area contributed by atoms with Gasteiger partial charge in [0.05, 0.1) is 96.8 Å². The van der Waals surface area contributed by atoms with Crippen LogP contribution in [-0.4, -0.2) is 482 Å². The summed E-state index contributed by atoms with van der Waals surface area (Å²) in [6.45, 7) is 80.0. The average molecular weight is 2240 g/mol. The minimum atomic E-state index is -3.04. The van der Waals surface area contributed by atoms with Crippen molar-refractivity contribution in [3.05, 3.63) is 0 Å². The number of hydrogen-bond acceptors (Lipinski definition) is 28. The van der Waals surface area contributed by atoms with E-state index in [4.69, 9.17) is 29.2 Å². The maximum atomic E-state index is 11.9. The van der Waals surface area contributed by atoms with E-state index in [-0.39, 0.29) is 109 Å². The largest absolute Gasteiger partial charge is 0.394 e. The van der Waals surface area contributed by atoms with Crippen LogP contribution in [0.5, 0.6) is 0 Å². The summed E-state index contributed by atoms with van der Waals surface area (Å²) in [6, 6.07) is 3.20. The number of amides is 5. The monoisotopic (exact) mass is 2240 g/mol. The summed E-state index contributed by atoms with van der Waals surface area (Å²) in [6.07, 6.45) is 16.4. The molecular formula is C107H235N15O22S5. The molecule has 6 heterocycles. The summed E-state index contributed by atoms with van der Waals surface area (Å²) in [7, 11) is 3.92. The number of carbonyl (C=O) groups excluding carboxylic acids is 6. The van der Waals surface area contributed by atoms with E-state index in [9.17, 15) is 70.9 Å². The fraction of sp³-hybridized carbons (Fsp3) is 0.944. The number of carbonyl (C=O) groups is 6. The summed E-state index contributed by atoms with van der Waals surface area (Å²) in [5.41, 5.74) is 0. The first-order valence-electron chi connectivity index (χ1n) is 54.2. The molecule has 0 bridgehead atoms. The molecule has 1 atom stereocenters. The van der Waals surface area contributed by atoms with E-state index in [1.807, 2.05) is 90.1 Å². The normalized spacial score (nSPS) is 17.0. The van der Waals surface area contributed by atoms with Crippen molar-refractivity contribution in [3.8, 4) is 0 Å². The third-order valence-electron chi connectivity index (χ3n) is 24.8. The van der Waals surface area contributed by atoms with E-state index in [2.05, 4.69) is 145 Å². The van der Waals surface area contributed by atoms with E-state index >= 15 is 0 Å². The smallest absolute Gasteiger partial charge is 0.248 e. The van der Waals surface area contributed by atoms with Crippen LogP contribution in [0, 0.1) is 17.8 Å². The maximum absolute atomic E-state index is 11.9. The lowest BCUT2D eigenvalue weighted by molar-refractivity contribution is -0.135. The van der Waals surface area contributed by atoms with Crippen molar-refractivity contribution in [2.45, 2.75) is 414 Å². The lowest BCUT2D eigenvalue weighted by Gasteiger charge is -2.35. The molecule has 1 unspecified atom stereocenters. The van der Waals surface area contributed by atoms with E-state index in [0.717, 1.165) is 130 Å². The number of likely N-dealkylation sites (N-methyl/N-ethyl adjacent to an activating group) is 2. The molecule has 5 amide bonds. The van der Waals surface area contributed by atoms with Crippen molar-refractivity contribution in [2.24, 2.45) is 17.8 Å². The Morgan fingerprint density at radius 3 is 1.07 bits per heavy atom. The van der Waals surface area contributed by atoms with Gasteiger partial charge in [-0.05, 0) is 282 Å². The zero-order valence-corrected chi connectivity index (χ0v) is 106. The van der Waals surface area contributed by atoms with Gasteiger partial charge in [-0.2, -0.15) is 4.31 Å². The van der Waals surface area contributed by atoms with Crippen LogP contribution in [0.1, 0.15) is 320 Å². The number of Topliss-reactive ketones (excluding diaryl/α,β-unsaturated/α-hetero) is 1. The molecule has 6 aliphatic heterocycles. The van der Waals surface area contributed by atoms with E-state index in [0.29, 0.717) is 131 Å². The SMILES string of the molecule is C.C.CC(C)C(=O)N(C)C.CC(C)CCC(=O)N(C)C.CC(C)N1CCC(S(=O)(=O)N(C)C)CC1.CC(C)N1CCC(S(C)(=O)=O)CC1.CC(C)N1CCN(C)C(=O)C1.CC(C)N1CCN(S(C)(=O)=O)CC1.CC(C)N1CCNC(=O)C1.CC(C)OC1CCC1.CC(C)OCC(=O)N(C)C.CC(C)OCCO.CC(C)S(=O)(=O)N(C)C.CCC(=O)C1CCN(C(C)C)CC1.CCC(O)COC(C)C.CCN(CC)S(=O)(=O)C(C)C. The van der Waals surface area contributed by atoms with Crippen molar-refractivity contribution in [2.75, 3.05) is 234 Å². The lowest BCUT2D eigenvalue weighted by atomic mass is 9.91. The molecule has 0 aromatic carbocycles. The topological polar surface area (TPSA) is 408 Å². The van der Waals surface area contributed by atoms with Gasteiger partial charge in [-0.25, -0.2) is 55.0 Å². The number of aliphatic hydroxyl groups is 2. The number of piperidine rings is 3. The van der Waals surface area contributed by atoms with Gasteiger partial charge in [0.15, 0.2) is 0 Å². The second-order valence-electron chi connectivity index (χ2n) is 43.3. The molecule has 1 aliphatic carbocycles. The highest BCUT2D eigenvalue weighted by Crippen LogP contribution is 2.25. The maximum Gasteiger partial charge on any atom is 0.248 e. The van der Waals surface area contributed by atoms with Crippen LogP contribution < -0.4 is 5.32 Å². The minimum Gasteiger partial charge on any atom is -0.394 e. The molecule has 3 N–H and O–H groups in total.